The maximum absolute atomic E-state index is 5.97. The van der Waals surface area contributed by atoms with Crippen molar-refractivity contribution < 1.29 is 0 Å². The third-order valence-corrected chi connectivity index (χ3v) is 3.58. The largest absolute Gasteiger partial charge is 0.315 e. The molecule has 1 heteroatoms. The number of nitrogens with two attached hydrogens (primary N) is 1. The van der Waals surface area contributed by atoms with Crippen LogP contribution in [0.25, 0.3) is 0 Å². The van der Waals surface area contributed by atoms with E-state index in [1.165, 1.54) is 32.1 Å². The summed E-state index contributed by atoms with van der Waals surface area (Å²) in [5.41, 5.74) is 6.30. The van der Waals surface area contributed by atoms with Crippen LogP contribution in [0.2, 0.25) is 0 Å². The van der Waals surface area contributed by atoms with E-state index in [0.717, 1.165) is 12.8 Å². The monoisotopic (exact) mass is 163 g/mol. The van der Waals surface area contributed by atoms with Crippen LogP contribution in [0.4, 0.5) is 0 Å². The molecule has 0 heterocycles. The molecular weight excluding hydrogens is 146 g/mol. The van der Waals surface area contributed by atoms with Crippen molar-refractivity contribution in [3.05, 3.63) is 0 Å². The second-order valence-corrected chi connectivity index (χ2v) is 4.71. The van der Waals surface area contributed by atoms with Crippen LogP contribution in [0.1, 0.15) is 44.9 Å². The maximum atomic E-state index is 5.97. The predicted molar refractivity (Wildman–Crippen MR) is 50.5 cm³/mol. The summed E-state index contributed by atoms with van der Waals surface area (Å²) in [6.07, 6.45) is 14.5. The molecule has 2 saturated carbocycles. The Bertz CT molecular complexity index is 210. The molecule has 0 atom stereocenters. The van der Waals surface area contributed by atoms with Crippen molar-refractivity contribution in [3.63, 3.8) is 0 Å². The summed E-state index contributed by atoms with van der Waals surface area (Å²) in [7, 11) is 0. The van der Waals surface area contributed by atoms with E-state index in [2.05, 4.69) is 5.92 Å². The van der Waals surface area contributed by atoms with E-state index in [9.17, 15) is 0 Å². The van der Waals surface area contributed by atoms with Crippen molar-refractivity contribution in [2.45, 2.75) is 50.5 Å². The smallest absolute Gasteiger partial charge is 0.0784 e. The molecule has 0 unspecified atom stereocenters. The highest BCUT2D eigenvalue weighted by Gasteiger charge is 2.51. The van der Waals surface area contributed by atoms with Gasteiger partial charge >= 0.3 is 0 Å². The Labute approximate surface area is 74.7 Å². The minimum absolute atomic E-state index is 0.239. The van der Waals surface area contributed by atoms with Gasteiger partial charge in [0.2, 0.25) is 0 Å². The summed E-state index contributed by atoms with van der Waals surface area (Å²) in [5, 5.41) is 0. The van der Waals surface area contributed by atoms with Crippen molar-refractivity contribution in [3.8, 4) is 12.3 Å². The zero-order valence-corrected chi connectivity index (χ0v) is 7.60. The Morgan fingerprint density at radius 3 is 2.17 bits per heavy atom. The molecule has 2 N–H and O–H groups in total. The van der Waals surface area contributed by atoms with Gasteiger partial charge in [0.25, 0.3) is 0 Å². The summed E-state index contributed by atoms with van der Waals surface area (Å²) in [6, 6.07) is 0. The minimum Gasteiger partial charge on any atom is -0.315 e. The summed E-state index contributed by atoms with van der Waals surface area (Å²) < 4.78 is 0. The lowest BCUT2D eigenvalue weighted by molar-refractivity contribution is 0.0231. The Morgan fingerprint density at radius 2 is 1.67 bits per heavy atom. The highest BCUT2D eigenvalue weighted by atomic mass is 14.8. The molecule has 66 valence electrons. The van der Waals surface area contributed by atoms with E-state index in [0.29, 0.717) is 5.41 Å². The van der Waals surface area contributed by atoms with Gasteiger partial charge in [-0.25, -0.2) is 0 Å². The summed E-state index contributed by atoms with van der Waals surface area (Å²) in [4.78, 5) is 0. The van der Waals surface area contributed by atoms with E-state index in [1.807, 2.05) is 0 Å². The zero-order chi connectivity index (χ0) is 8.66. The second-order valence-electron chi connectivity index (χ2n) is 4.71. The third kappa shape index (κ3) is 1.15. The molecule has 0 aromatic heterocycles. The Kier molecular flexibility index (Phi) is 1.70. The van der Waals surface area contributed by atoms with Gasteiger partial charge in [0, 0.05) is 0 Å². The van der Waals surface area contributed by atoms with E-state index in [-0.39, 0.29) is 5.54 Å². The molecule has 0 aliphatic heterocycles. The van der Waals surface area contributed by atoms with Gasteiger partial charge in [0.15, 0.2) is 0 Å². The number of hydrogen-bond donors (Lipinski definition) is 1. The highest BCUT2D eigenvalue weighted by molar-refractivity contribution is 5.22. The molecule has 1 nitrogen and oxygen atoms in total. The van der Waals surface area contributed by atoms with Crippen molar-refractivity contribution >= 4 is 0 Å². The molecule has 1 spiro atoms. The summed E-state index contributed by atoms with van der Waals surface area (Å²) in [5.74, 6) is 2.73. The average Bonchev–Trinajstić information content (AvgIpc) is 2.04. The molecular formula is C11H17N. The second kappa shape index (κ2) is 2.50. The first-order valence-electron chi connectivity index (χ1n) is 4.95. The van der Waals surface area contributed by atoms with Gasteiger partial charge in [-0.05, 0) is 31.1 Å². The van der Waals surface area contributed by atoms with Crippen LogP contribution >= 0.6 is 0 Å². The molecule has 0 aromatic carbocycles. The van der Waals surface area contributed by atoms with Crippen LogP contribution in [0.5, 0.6) is 0 Å². The number of rotatable bonds is 0. The Morgan fingerprint density at radius 1 is 1.08 bits per heavy atom. The van der Waals surface area contributed by atoms with Gasteiger partial charge in [-0.1, -0.05) is 25.2 Å². The Hall–Kier alpha value is -0.480. The zero-order valence-electron chi connectivity index (χ0n) is 7.60. The van der Waals surface area contributed by atoms with Crippen LogP contribution in [-0.4, -0.2) is 5.54 Å². The Balaban J connectivity index is 1.97. The fraction of sp³-hybridized carbons (Fsp3) is 0.818. The van der Waals surface area contributed by atoms with Crippen LogP contribution in [0, 0.1) is 17.8 Å². The van der Waals surface area contributed by atoms with Gasteiger partial charge in [0.1, 0.15) is 0 Å². The first kappa shape index (κ1) is 8.13. The van der Waals surface area contributed by atoms with Gasteiger partial charge < -0.3 is 5.73 Å². The lowest BCUT2D eigenvalue weighted by atomic mass is 9.53. The summed E-state index contributed by atoms with van der Waals surface area (Å²) >= 11 is 0. The van der Waals surface area contributed by atoms with Crippen molar-refractivity contribution in [1.82, 2.24) is 0 Å². The van der Waals surface area contributed by atoms with Crippen LogP contribution in [0.15, 0.2) is 0 Å². The standard InChI is InChI=1S/C11H17N/c1-2-11(12)8-10(9-11)6-4-3-5-7-10/h1H,3-9,12H2. The van der Waals surface area contributed by atoms with Crippen molar-refractivity contribution in [2.75, 3.05) is 0 Å². The summed E-state index contributed by atoms with van der Waals surface area (Å²) in [6.45, 7) is 0. The van der Waals surface area contributed by atoms with E-state index >= 15 is 0 Å². The van der Waals surface area contributed by atoms with Crippen LogP contribution < -0.4 is 5.73 Å². The first-order valence-corrected chi connectivity index (χ1v) is 4.95. The topological polar surface area (TPSA) is 26.0 Å². The molecule has 0 bridgehead atoms. The van der Waals surface area contributed by atoms with Crippen molar-refractivity contribution in [1.29, 1.82) is 0 Å². The molecule has 0 radical (unpaired) electrons. The minimum atomic E-state index is -0.239. The molecule has 0 aromatic rings. The quantitative estimate of drug-likeness (QED) is 0.543. The lowest BCUT2D eigenvalue weighted by Crippen LogP contribution is -2.57. The van der Waals surface area contributed by atoms with Gasteiger partial charge in [-0.3, -0.25) is 0 Å². The van der Waals surface area contributed by atoms with Gasteiger partial charge in [-0.2, -0.15) is 0 Å². The molecule has 2 aliphatic rings. The molecule has 2 aliphatic carbocycles. The molecule has 0 amide bonds. The van der Waals surface area contributed by atoms with E-state index < -0.39 is 0 Å². The SMILES string of the molecule is C#CC1(N)CC2(CCCCC2)C1. The highest BCUT2D eigenvalue weighted by Crippen LogP contribution is 2.55. The number of hydrogen-bond acceptors (Lipinski definition) is 1. The van der Waals surface area contributed by atoms with Crippen LogP contribution in [-0.2, 0) is 0 Å². The normalized spacial score (nSPS) is 30.7. The fourth-order valence-electron chi connectivity index (χ4n) is 3.04. The fourth-order valence-corrected chi connectivity index (χ4v) is 3.04. The van der Waals surface area contributed by atoms with Gasteiger partial charge in [0.05, 0.1) is 5.54 Å². The van der Waals surface area contributed by atoms with Gasteiger partial charge in [-0.15, -0.1) is 6.42 Å². The third-order valence-electron chi connectivity index (χ3n) is 3.58. The lowest BCUT2D eigenvalue weighted by Gasteiger charge is -2.54. The van der Waals surface area contributed by atoms with E-state index in [1.54, 1.807) is 0 Å². The molecule has 0 saturated heterocycles. The molecule has 12 heavy (non-hydrogen) atoms. The average molecular weight is 163 g/mol. The molecule has 2 rings (SSSR count). The van der Waals surface area contributed by atoms with E-state index in [4.69, 9.17) is 12.2 Å². The van der Waals surface area contributed by atoms with Crippen molar-refractivity contribution in [2.24, 2.45) is 11.1 Å². The predicted octanol–water partition coefficient (Wildman–Crippen LogP) is 2.06. The number of terminal acetylenes is 1. The van der Waals surface area contributed by atoms with Crippen LogP contribution in [0.3, 0.4) is 0 Å². The first-order chi connectivity index (χ1) is 5.68. The molecule has 2 fully saturated rings. The maximum Gasteiger partial charge on any atom is 0.0784 e.